The number of halogens is 3. The lowest BCUT2D eigenvalue weighted by molar-refractivity contribution is -0.138. The molecule has 0 radical (unpaired) electrons. The monoisotopic (exact) mass is 280 g/mol. The number of benzene rings is 1. The maximum absolute atomic E-state index is 12.9. The van der Waals surface area contributed by atoms with E-state index in [-0.39, 0.29) is 5.02 Å². The predicted octanol–water partition coefficient (Wildman–Crippen LogP) is 3.43. The summed E-state index contributed by atoms with van der Waals surface area (Å²) in [7, 11) is 0. The van der Waals surface area contributed by atoms with E-state index in [0.717, 1.165) is 12.1 Å². The van der Waals surface area contributed by atoms with Crippen molar-refractivity contribution in [3.05, 3.63) is 33.0 Å². The van der Waals surface area contributed by atoms with Gasteiger partial charge in [0.2, 0.25) is 0 Å². The summed E-state index contributed by atoms with van der Waals surface area (Å²) in [4.78, 5) is 10.7. The standard InChI is InChI=1S/C9H7BrClFO2/c1-4(9(13)14)6-2-5(12)3-7(11)8(6)10/h2-4H,1H3,(H,13,14). The molecule has 0 spiro atoms. The van der Waals surface area contributed by atoms with Gasteiger partial charge < -0.3 is 5.11 Å². The fraction of sp³-hybridized carbons (Fsp3) is 0.222. The van der Waals surface area contributed by atoms with Crippen LogP contribution in [0.1, 0.15) is 18.4 Å². The molecule has 0 amide bonds. The van der Waals surface area contributed by atoms with Gasteiger partial charge >= 0.3 is 5.97 Å². The second-order valence-electron chi connectivity index (χ2n) is 2.85. The van der Waals surface area contributed by atoms with Gasteiger partial charge in [-0.2, -0.15) is 0 Å². The molecule has 1 atom stereocenters. The Balaban J connectivity index is 3.26. The molecule has 1 unspecified atom stereocenters. The van der Waals surface area contributed by atoms with Gasteiger partial charge in [-0.25, -0.2) is 4.39 Å². The van der Waals surface area contributed by atoms with Crippen molar-refractivity contribution in [2.45, 2.75) is 12.8 Å². The minimum absolute atomic E-state index is 0.174. The van der Waals surface area contributed by atoms with E-state index in [9.17, 15) is 9.18 Å². The molecule has 5 heteroatoms. The molecular formula is C9H7BrClFO2. The van der Waals surface area contributed by atoms with Crippen molar-refractivity contribution < 1.29 is 14.3 Å². The predicted molar refractivity (Wildman–Crippen MR) is 55.2 cm³/mol. The van der Waals surface area contributed by atoms with E-state index in [4.69, 9.17) is 16.7 Å². The van der Waals surface area contributed by atoms with Crippen LogP contribution in [0.2, 0.25) is 5.02 Å². The zero-order valence-electron chi connectivity index (χ0n) is 7.22. The highest BCUT2D eigenvalue weighted by molar-refractivity contribution is 9.10. The van der Waals surface area contributed by atoms with Gasteiger partial charge in [-0.15, -0.1) is 0 Å². The Labute approximate surface area is 93.8 Å². The Hall–Kier alpha value is -0.610. The molecule has 0 aliphatic rings. The first-order chi connectivity index (χ1) is 6.43. The van der Waals surface area contributed by atoms with Crippen molar-refractivity contribution in [2.24, 2.45) is 0 Å². The lowest BCUT2D eigenvalue weighted by atomic mass is 10.0. The van der Waals surface area contributed by atoms with Gasteiger partial charge in [-0.05, 0) is 40.5 Å². The van der Waals surface area contributed by atoms with Gasteiger partial charge in [-0.1, -0.05) is 11.6 Å². The average molecular weight is 282 g/mol. The minimum atomic E-state index is -1.02. The molecule has 0 aliphatic heterocycles. The number of carboxylic acids is 1. The summed E-state index contributed by atoms with van der Waals surface area (Å²) in [5.41, 5.74) is 0.336. The average Bonchev–Trinajstić information content (AvgIpc) is 2.09. The van der Waals surface area contributed by atoms with E-state index < -0.39 is 17.7 Å². The van der Waals surface area contributed by atoms with Crippen LogP contribution in [0.15, 0.2) is 16.6 Å². The van der Waals surface area contributed by atoms with Gasteiger partial charge in [0.05, 0.1) is 10.9 Å². The summed E-state index contributed by atoms with van der Waals surface area (Å²) in [6.07, 6.45) is 0. The van der Waals surface area contributed by atoms with E-state index >= 15 is 0 Å². The fourth-order valence-electron chi connectivity index (χ4n) is 1.02. The van der Waals surface area contributed by atoms with Crippen molar-refractivity contribution in [2.75, 3.05) is 0 Å². The van der Waals surface area contributed by atoms with E-state index in [0.29, 0.717) is 10.0 Å². The summed E-state index contributed by atoms with van der Waals surface area (Å²) in [5, 5.41) is 8.93. The maximum Gasteiger partial charge on any atom is 0.310 e. The molecule has 0 saturated carbocycles. The van der Waals surface area contributed by atoms with Crippen LogP contribution in [0.25, 0.3) is 0 Å². The summed E-state index contributed by atoms with van der Waals surface area (Å²) in [6.45, 7) is 1.47. The minimum Gasteiger partial charge on any atom is -0.481 e. The lowest BCUT2D eigenvalue weighted by Crippen LogP contribution is -2.08. The number of carbonyl (C=O) groups is 1. The van der Waals surface area contributed by atoms with Gasteiger partial charge in [0, 0.05) is 4.47 Å². The first-order valence-corrected chi connectivity index (χ1v) is 4.98. The SMILES string of the molecule is CC(C(=O)O)c1cc(F)cc(Cl)c1Br. The van der Waals surface area contributed by atoms with Crippen LogP contribution in [0.3, 0.4) is 0 Å². The topological polar surface area (TPSA) is 37.3 Å². The molecule has 0 heterocycles. The molecule has 1 N–H and O–H groups in total. The van der Waals surface area contributed by atoms with E-state index in [1.54, 1.807) is 0 Å². The van der Waals surface area contributed by atoms with Crippen molar-refractivity contribution in [1.82, 2.24) is 0 Å². The second kappa shape index (κ2) is 4.28. The molecule has 1 aromatic rings. The number of carboxylic acid groups (broad SMARTS) is 1. The Morgan fingerprint density at radius 3 is 2.71 bits per heavy atom. The van der Waals surface area contributed by atoms with Crippen LogP contribution in [0.4, 0.5) is 4.39 Å². The first kappa shape index (κ1) is 11.5. The quantitative estimate of drug-likeness (QED) is 0.843. The molecule has 0 saturated heterocycles. The van der Waals surface area contributed by atoms with E-state index in [1.165, 1.54) is 6.92 Å². The smallest absolute Gasteiger partial charge is 0.310 e. The van der Waals surface area contributed by atoms with Crippen LogP contribution < -0.4 is 0 Å². The third-order valence-corrected chi connectivity index (χ3v) is 3.27. The lowest BCUT2D eigenvalue weighted by Gasteiger charge is -2.10. The zero-order chi connectivity index (χ0) is 10.9. The summed E-state index contributed by atoms with van der Waals surface area (Å²) in [6, 6.07) is 2.29. The highest BCUT2D eigenvalue weighted by Crippen LogP contribution is 2.32. The van der Waals surface area contributed by atoms with Crippen LogP contribution in [-0.2, 0) is 4.79 Å². The Kier molecular flexibility index (Phi) is 3.50. The maximum atomic E-state index is 12.9. The number of rotatable bonds is 2. The number of hydrogen-bond acceptors (Lipinski definition) is 1. The van der Waals surface area contributed by atoms with Gasteiger partial charge in [0.25, 0.3) is 0 Å². The molecule has 0 aromatic heterocycles. The molecule has 1 rings (SSSR count). The molecule has 1 aromatic carbocycles. The Bertz CT molecular complexity index is 381. The van der Waals surface area contributed by atoms with Crippen molar-refractivity contribution in [1.29, 1.82) is 0 Å². The third kappa shape index (κ3) is 2.25. The van der Waals surface area contributed by atoms with Gasteiger partial charge in [0.1, 0.15) is 5.82 Å². The molecule has 0 aliphatic carbocycles. The van der Waals surface area contributed by atoms with Gasteiger partial charge in [-0.3, -0.25) is 4.79 Å². The van der Waals surface area contributed by atoms with E-state index in [2.05, 4.69) is 15.9 Å². The molecule has 76 valence electrons. The summed E-state index contributed by atoms with van der Waals surface area (Å²) in [5.74, 6) is -2.36. The fourth-order valence-corrected chi connectivity index (χ4v) is 1.81. The van der Waals surface area contributed by atoms with Crippen molar-refractivity contribution in [3.63, 3.8) is 0 Å². The summed E-state index contributed by atoms with van der Waals surface area (Å²) < 4.78 is 13.4. The second-order valence-corrected chi connectivity index (χ2v) is 4.05. The van der Waals surface area contributed by atoms with Crippen LogP contribution in [-0.4, -0.2) is 11.1 Å². The van der Waals surface area contributed by atoms with Crippen LogP contribution in [0, 0.1) is 5.82 Å². The molecular weight excluding hydrogens is 274 g/mol. The van der Waals surface area contributed by atoms with Gasteiger partial charge in [0.15, 0.2) is 0 Å². The number of aliphatic carboxylic acids is 1. The highest BCUT2D eigenvalue weighted by Gasteiger charge is 2.19. The largest absolute Gasteiger partial charge is 0.481 e. The first-order valence-electron chi connectivity index (χ1n) is 3.80. The van der Waals surface area contributed by atoms with Crippen molar-refractivity contribution in [3.8, 4) is 0 Å². The summed E-state index contributed by atoms with van der Waals surface area (Å²) >= 11 is 8.81. The molecule has 14 heavy (non-hydrogen) atoms. The van der Waals surface area contributed by atoms with Crippen molar-refractivity contribution >= 4 is 33.5 Å². The number of hydrogen-bond donors (Lipinski definition) is 1. The van der Waals surface area contributed by atoms with E-state index in [1.807, 2.05) is 0 Å². The molecule has 2 nitrogen and oxygen atoms in total. The molecule has 0 bridgehead atoms. The van der Waals surface area contributed by atoms with Crippen LogP contribution in [0.5, 0.6) is 0 Å². The highest BCUT2D eigenvalue weighted by atomic mass is 79.9. The molecule has 0 fully saturated rings. The Morgan fingerprint density at radius 1 is 1.64 bits per heavy atom. The third-order valence-electron chi connectivity index (χ3n) is 1.86. The normalized spacial score (nSPS) is 12.6. The van der Waals surface area contributed by atoms with Crippen LogP contribution >= 0.6 is 27.5 Å². The zero-order valence-corrected chi connectivity index (χ0v) is 9.56. The Morgan fingerprint density at radius 2 is 2.21 bits per heavy atom.